The maximum Gasteiger partial charge on any atom is 0.208 e. The smallest absolute Gasteiger partial charge is 0.208 e. The zero-order valence-electron chi connectivity index (χ0n) is 10.3. The Bertz CT molecular complexity index is 614. The number of hydrogen-bond donors (Lipinski definition) is 1. The topological polar surface area (TPSA) is 29.9 Å². The molecule has 100 valence electrons. The Kier molecular flexibility index (Phi) is 3.27. The minimum atomic E-state index is -0.367. The zero-order chi connectivity index (χ0) is 13.6. The molecule has 1 saturated carbocycles. The third kappa shape index (κ3) is 2.62. The fourth-order valence-corrected chi connectivity index (χ4v) is 2.98. The maximum absolute atomic E-state index is 13.3. The quantitative estimate of drug-likeness (QED) is 0.899. The molecule has 0 unspecified atom stereocenters. The van der Waals surface area contributed by atoms with Crippen LogP contribution in [0.1, 0.15) is 18.5 Å². The Morgan fingerprint density at radius 3 is 2.84 bits per heavy atom. The molecule has 0 spiro atoms. The summed E-state index contributed by atoms with van der Waals surface area (Å²) in [6.45, 7) is 1.92. The van der Waals surface area contributed by atoms with Crippen molar-refractivity contribution < 1.29 is 4.39 Å². The SMILES string of the molecule is Cc1cn(-c2c(Cl)cc(F)cc2Br)c(NC2CC2)n1. The summed E-state index contributed by atoms with van der Waals surface area (Å²) in [5.74, 6) is 0.378. The molecule has 1 heterocycles. The molecule has 1 N–H and O–H groups in total. The minimum Gasteiger partial charge on any atom is -0.353 e. The molecule has 6 heteroatoms. The van der Waals surface area contributed by atoms with Gasteiger partial charge in [-0.25, -0.2) is 9.37 Å². The van der Waals surface area contributed by atoms with Gasteiger partial charge >= 0.3 is 0 Å². The predicted octanol–water partition coefficient (Wildman–Crippen LogP) is 4.31. The van der Waals surface area contributed by atoms with Crippen LogP contribution < -0.4 is 5.32 Å². The Morgan fingerprint density at radius 1 is 1.47 bits per heavy atom. The summed E-state index contributed by atoms with van der Waals surface area (Å²) in [5.41, 5.74) is 1.59. The van der Waals surface area contributed by atoms with Gasteiger partial charge in [0, 0.05) is 16.7 Å². The fourth-order valence-electron chi connectivity index (χ4n) is 1.94. The van der Waals surface area contributed by atoms with Crippen LogP contribution in [-0.4, -0.2) is 15.6 Å². The molecule has 1 aromatic heterocycles. The van der Waals surface area contributed by atoms with Crippen molar-refractivity contribution in [2.24, 2.45) is 0 Å². The lowest BCUT2D eigenvalue weighted by Crippen LogP contribution is -2.08. The number of imidazole rings is 1. The van der Waals surface area contributed by atoms with Crippen molar-refractivity contribution in [3.05, 3.63) is 39.3 Å². The van der Waals surface area contributed by atoms with Crippen LogP contribution in [-0.2, 0) is 0 Å². The number of nitrogens with zero attached hydrogens (tertiary/aromatic N) is 2. The summed E-state index contributed by atoms with van der Waals surface area (Å²) in [7, 11) is 0. The first-order valence-corrected chi connectivity index (χ1v) is 7.19. The Hall–Kier alpha value is -1.07. The summed E-state index contributed by atoms with van der Waals surface area (Å²) in [6, 6.07) is 3.19. The summed E-state index contributed by atoms with van der Waals surface area (Å²) < 4.78 is 15.8. The standard InChI is InChI=1S/C13H12BrClFN3/c1-7-6-19(13(17-7)18-9-2-3-9)12-10(14)4-8(16)5-11(12)15/h4-6,9H,2-3H2,1H3,(H,17,18). The van der Waals surface area contributed by atoms with E-state index in [1.807, 2.05) is 17.7 Å². The van der Waals surface area contributed by atoms with E-state index in [1.165, 1.54) is 12.1 Å². The highest BCUT2D eigenvalue weighted by Crippen LogP contribution is 2.33. The third-order valence-corrected chi connectivity index (χ3v) is 3.85. The summed E-state index contributed by atoms with van der Waals surface area (Å²) >= 11 is 9.52. The lowest BCUT2D eigenvalue weighted by atomic mass is 10.3. The number of hydrogen-bond acceptors (Lipinski definition) is 2. The lowest BCUT2D eigenvalue weighted by molar-refractivity contribution is 0.626. The first kappa shape index (κ1) is 12.9. The second-order valence-corrected chi connectivity index (χ2v) is 5.97. The van der Waals surface area contributed by atoms with Crippen LogP contribution in [0.2, 0.25) is 5.02 Å². The van der Waals surface area contributed by atoms with Gasteiger partial charge in [0.15, 0.2) is 0 Å². The molecule has 0 amide bonds. The molecule has 1 aliphatic rings. The largest absolute Gasteiger partial charge is 0.353 e. The lowest BCUT2D eigenvalue weighted by Gasteiger charge is -2.12. The molecular formula is C13H12BrClFN3. The Morgan fingerprint density at radius 2 is 2.21 bits per heavy atom. The van der Waals surface area contributed by atoms with Gasteiger partial charge in [0.2, 0.25) is 5.95 Å². The zero-order valence-corrected chi connectivity index (χ0v) is 12.6. The molecule has 1 aliphatic carbocycles. The van der Waals surface area contributed by atoms with Gasteiger partial charge < -0.3 is 5.32 Å². The second-order valence-electron chi connectivity index (χ2n) is 4.71. The molecule has 19 heavy (non-hydrogen) atoms. The number of nitrogens with one attached hydrogen (secondary N) is 1. The van der Waals surface area contributed by atoms with E-state index in [9.17, 15) is 4.39 Å². The highest BCUT2D eigenvalue weighted by molar-refractivity contribution is 9.10. The number of halogens is 3. The van der Waals surface area contributed by atoms with E-state index in [0.717, 1.165) is 24.5 Å². The van der Waals surface area contributed by atoms with Crippen LogP contribution in [0.15, 0.2) is 22.8 Å². The first-order chi connectivity index (χ1) is 9.04. The highest BCUT2D eigenvalue weighted by Gasteiger charge is 2.24. The number of benzene rings is 1. The first-order valence-electron chi connectivity index (χ1n) is 6.02. The Labute approximate surface area is 123 Å². The van der Waals surface area contributed by atoms with Crippen LogP contribution in [0.5, 0.6) is 0 Å². The average Bonchev–Trinajstić information content (AvgIpc) is 3.02. The van der Waals surface area contributed by atoms with Crippen LogP contribution in [0, 0.1) is 12.7 Å². The van der Waals surface area contributed by atoms with Gasteiger partial charge in [-0.1, -0.05) is 11.6 Å². The molecule has 0 aliphatic heterocycles. The van der Waals surface area contributed by atoms with E-state index in [2.05, 4.69) is 26.2 Å². The molecular weight excluding hydrogens is 333 g/mol. The van der Waals surface area contributed by atoms with E-state index >= 15 is 0 Å². The van der Waals surface area contributed by atoms with Gasteiger partial charge in [0.25, 0.3) is 0 Å². The van der Waals surface area contributed by atoms with E-state index in [4.69, 9.17) is 11.6 Å². The second kappa shape index (κ2) is 4.80. The van der Waals surface area contributed by atoms with Crippen LogP contribution in [0.25, 0.3) is 5.69 Å². The Balaban J connectivity index is 2.10. The van der Waals surface area contributed by atoms with E-state index in [0.29, 0.717) is 21.2 Å². The molecule has 3 rings (SSSR count). The molecule has 0 bridgehead atoms. The molecule has 0 radical (unpaired) electrons. The molecule has 1 aromatic carbocycles. The van der Waals surface area contributed by atoms with Crippen molar-refractivity contribution in [3.63, 3.8) is 0 Å². The van der Waals surface area contributed by atoms with Gasteiger partial charge in [-0.3, -0.25) is 4.57 Å². The van der Waals surface area contributed by atoms with E-state index < -0.39 is 0 Å². The van der Waals surface area contributed by atoms with Gasteiger partial charge in [0.1, 0.15) is 5.82 Å². The maximum atomic E-state index is 13.3. The van der Waals surface area contributed by atoms with Crippen molar-refractivity contribution in [1.29, 1.82) is 0 Å². The third-order valence-electron chi connectivity index (χ3n) is 2.96. The summed E-state index contributed by atoms with van der Waals surface area (Å²) in [6.07, 6.45) is 4.20. The van der Waals surface area contributed by atoms with E-state index in [-0.39, 0.29) is 5.82 Å². The minimum absolute atomic E-state index is 0.350. The number of anilines is 1. The van der Waals surface area contributed by atoms with Gasteiger partial charge in [-0.2, -0.15) is 0 Å². The monoisotopic (exact) mass is 343 g/mol. The van der Waals surface area contributed by atoms with Crippen LogP contribution >= 0.6 is 27.5 Å². The molecule has 1 fully saturated rings. The van der Waals surface area contributed by atoms with Crippen molar-refractivity contribution in [1.82, 2.24) is 9.55 Å². The van der Waals surface area contributed by atoms with Gasteiger partial charge in [-0.15, -0.1) is 0 Å². The average molecular weight is 345 g/mol. The molecule has 0 saturated heterocycles. The van der Waals surface area contributed by atoms with Crippen molar-refractivity contribution in [3.8, 4) is 5.69 Å². The van der Waals surface area contributed by atoms with Crippen molar-refractivity contribution >= 4 is 33.5 Å². The molecule has 3 nitrogen and oxygen atoms in total. The fraction of sp³-hybridized carbons (Fsp3) is 0.308. The normalized spacial score (nSPS) is 14.7. The number of aryl methyl sites for hydroxylation is 1. The highest BCUT2D eigenvalue weighted by atomic mass is 79.9. The predicted molar refractivity (Wildman–Crippen MR) is 77.6 cm³/mol. The van der Waals surface area contributed by atoms with Crippen molar-refractivity contribution in [2.75, 3.05) is 5.32 Å². The summed E-state index contributed by atoms with van der Waals surface area (Å²) in [5, 5.41) is 3.70. The molecule has 0 atom stereocenters. The van der Waals surface area contributed by atoms with Crippen LogP contribution in [0.4, 0.5) is 10.3 Å². The summed E-state index contributed by atoms with van der Waals surface area (Å²) in [4.78, 5) is 4.45. The van der Waals surface area contributed by atoms with Crippen LogP contribution in [0.3, 0.4) is 0 Å². The van der Waals surface area contributed by atoms with Gasteiger partial charge in [-0.05, 0) is 47.8 Å². The number of rotatable bonds is 3. The number of aromatic nitrogens is 2. The molecule has 2 aromatic rings. The van der Waals surface area contributed by atoms with E-state index in [1.54, 1.807) is 0 Å². The van der Waals surface area contributed by atoms with Gasteiger partial charge in [0.05, 0.1) is 16.4 Å². The van der Waals surface area contributed by atoms with Crippen molar-refractivity contribution in [2.45, 2.75) is 25.8 Å².